The lowest BCUT2D eigenvalue weighted by molar-refractivity contribution is -0.120. The zero-order valence-corrected chi connectivity index (χ0v) is 10.4. The van der Waals surface area contributed by atoms with Gasteiger partial charge in [0.2, 0.25) is 5.91 Å². The second-order valence-corrected chi connectivity index (χ2v) is 4.45. The first-order valence-electron chi connectivity index (χ1n) is 6.15. The highest BCUT2D eigenvalue weighted by molar-refractivity contribution is 5.77. The van der Waals surface area contributed by atoms with Gasteiger partial charge in [0.25, 0.3) is 0 Å². The van der Waals surface area contributed by atoms with E-state index in [1.165, 1.54) is 5.56 Å². The molecule has 98 valence electrons. The lowest BCUT2D eigenvalue weighted by atomic mass is 10.1. The molecule has 3 N–H and O–H groups in total. The Kier molecular flexibility index (Phi) is 4.69. The molecule has 1 amide bonds. The molecule has 0 spiro atoms. The Labute approximate surface area is 107 Å². The van der Waals surface area contributed by atoms with E-state index >= 15 is 0 Å². The maximum absolute atomic E-state index is 11.1. The minimum absolute atomic E-state index is 0.170. The van der Waals surface area contributed by atoms with Crippen molar-refractivity contribution in [2.24, 2.45) is 5.84 Å². The summed E-state index contributed by atoms with van der Waals surface area (Å²) >= 11 is 0. The summed E-state index contributed by atoms with van der Waals surface area (Å²) in [6.45, 7) is 4.53. The molecule has 1 saturated heterocycles. The van der Waals surface area contributed by atoms with Crippen LogP contribution in [-0.4, -0.2) is 37.1 Å². The van der Waals surface area contributed by atoms with E-state index in [9.17, 15) is 4.79 Å². The Hall–Kier alpha value is -1.43. The van der Waals surface area contributed by atoms with Crippen LogP contribution in [0.25, 0.3) is 0 Å². The SMILES string of the molecule is NNC(=O)Cc1ccc(CN2CCOCC2)cc1. The topological polar surface area (TPSA) is 67.6 Å². The number of rotatable bonds is 4. The smallest absolute Gasteiger partial charge is 0.238 e. The maximum Gasteiger partial charge on any atom is 0.238 e. The molecule has 0 bridgehead atoms. The van der Waals surface area contributed by atoms with Gasteiger partial charge in [-0.3, -0.25) is 15.1 Å². The first kappa shape index (κ1) is 13.0. The second-order valence-electron chi connectivity index (χ2n) is 4.45. The van der Waals surface area contributed by atoms with Gasteiger partial charge in [0, 0.05) is 19.6 Å². The van der Waals surface area contributed by atoms with Gasteiger partial charge in [-0.1, -0.05) is 24.3 Å². The molecule has 5 nitrogen and oxygen atoms in total. The number of amides is 1. The van der Waals surface area contributed by atoms with Crippen molar-refractivity contribution in [2.75, 3.05) is 26.3 Å². The van der Waals surface area contributed by atoms with E-state index in [0.717, 1.165) is 38.4 Å². The number of hydrogen-bond acceptors (Lipinski definition) is 4. The Morgan fingerprint density at radius 3 is 2.44 bits per heavy atom. The van der Waals surface area contributed by atoms with E-state index in [1.54, 1.807) is 0 Å². The number of benzene rings is 1. The van der Waals surface area contributed by atoms with Crippen molar-refractivity contribution < 1.29 is 9.53 Å². The van der Waals surface area contributed by atoms with Gasteiger partial charge in [-0.15, -0.1) is 0 Å². The van der Waals surface area contributed by atoms with Crippen LogP contribution in [0.1, 0.15) is 11.1 Å². The van der Waals surface area contributed by atoms with Crippen molar-refractivity contribution in [3.8, 4) is 0 Å². The molecular formula is C13H19N3O2. The van der Waals surface area contributed by atoms with E-state index in [0.29, 0.717) is 6.42 Å². The van der Waals surface area contributed by atoms with Crippen molar-refractivity contribution in [1.29, 1.82) is 0 Å². The first-order chi connectivity index (χ1) is 8.78. The molecule has 1 aliphatic rings. The normalized spacial score (nSPS) is 16.5. The standard InChI is InChI=1S/C13H19N3O2/c14-15-13(17)9-11-1-3-12(4-2-11)10-16-5-7-18-8-6-16/h1-4H,5-10,14H2,(H,15,17). The predicted octanol–water partition coefficient (Wildman–Crippen LogP) is 0.0512. The summed E-state index contributed by atoms with van der Waals surface area (Å²) in [4.78, 5) is 13.5. The summed E-state index contributed by atoms with van der Waals surface area (Å²) in [7, 11) is 0. The van der Waals surface area contributed by atoms with Gasteiger partial charge < -0.3 is 4.74 Å². The van der Waals surface area contributed by atoms with E-state index in [-0.39, 0.29) is 5.91 Å². The predicted molar refractivity (Wildman–Crippen MR) is 68.6 cm³/mol. The molecule has 18 heavy (non-hydrogen) atoms. The monoisotopic (exact) mass is 249 g/mol. The molecule has 0 unspecified atom stereocenters. The average Bonchev–Trinajstić information content (AvgIpc) is 2.42. The van der Waals surface area contributed by atoms with Crippen molar-refractivity contribution in [1.82, 2.24) is 10.3 Å². The van der Waals surface area contributed by atoms with Crippen molar-refractivity contribution in [2.45, 2.75) is 13.0 Å². The van der Waals surface area contributed by atoms with E-state index < -0.39 is 0 Å². The minimum Gasteiger partial charge on any atom is -0.379 e. The fraction of sp³-hybridized carbons (Fsp3) is 0.462. The van der Waals surface area contributed by atoms with E-state index in [4.69, 9.17) is 10.6 Å². The summed E-state index contributed by atoms with van der Waals surface area (Å²) in [5, 5.41) is 0. The number of nitrogens with one attached hydrogen (secondary N) is 1. The van der Waals surface area contributed by atoms with Crippen LogP contribution in [0.5, 0.6) is 0 Å². The number of carbonyl (C=O) groups excluding carboxylic acids is 1. The molecule has 2 rings (SSSR count). The summed E-state index contributed by atoms with van der Waals surface area (Å²) < 4.78 is 5.31. The number of carbonyl (C=O) groups is 1. The van der Waals surface area contributed by atoms with Gasteiger partial charge in [-0.25, -0.2) is 5.84 Å². The Balaban J connectivity index is 1.88. The first-order valence-corrected chi connectivity index (χ1v) is 6.15. The van der Waals surface area contributed by atoms with Crippen LogP contribution in [0.3, 0.4) is 0 Å². The fourth-order valence-corrected chi connectivity index (χ4v) is 2.02. The van der Waals surface area contributed by atoms with Crippen LogP contribution in [0.2, 0.25) is 0 Å². The zero-order valence-electron chi connectivity index (χ0n) is 10.4. The number of morpholine rings is 1. The molecule has 0 aromatic heterocycles. The van der Waals surface area contributed by atoms with Crippen LogP contribution in [0.15, 0.2) is 24.3 Å². The number of ether oxygens (including phenoxy) is 1. The van der Waals surface area contributed by atoms with Crippen LogP contribution >= 0.6 is 0 Å². The third-order valence-corrected chi connectivity index (χ3v) is 3.06. The highest BCUT2D eigenvalue weighted by atomic mass is 16.5. The molecule has 1 aliphatic heterocycles. The van der Waals surface area contributed by atoms with Gasteiger partial charge in [-0.2, -0.15) is 0 Å². The van der Waals surface area contributed by atoms with E-state index in [2.05, 4.69) is 22.5 Å². The van der Waals surface area contributed by atoms with Gasteiger partial charge >= 0.3 is 0 Å². The minimum atomic E-state index is -0.170. The Bertz CT molecular complexity index is 386. The number of hydrogen-bond donors (Lipinski definition) is 2. The third-order valence-electron chi connectivity index (χ3n) is 3.06. The molecule has 5 heteroatoms. The molecule has 1 heterocycles. The maximum atomic E-state index is 11.1. The largest absolute Gasteiger partial charge is 0.379 e. The van der Waals surface area contributed by atoms with E-state index in [1.807, 2.05) is 12.1 Å². The molecule has 0 atom stereocenters. The summed E-state index contributed by atoms with van der Waals surface area (Å²) in [5.41, 5.74) is 4.37. The summed E-state index contributed by atoms with van der Waals surface area (Å²) in [6.07, 6.45) is 0.328. The van der Waals surface area contributed by atoms with Gasteiger partial charge in [0.1, 0.15) is 0 Å². The van der Waals surface area contributed by atoms with Crippen LogP contribution in [0, 0.1) is 0 Å². The second kappa shape index (κ2) is 6.49. The van der Waals surface area contributed by atoms with Gasteiger partial charge in [0.05, 0.1) is 19.6 Å². The van der Waals surface area contributed by atoms with Crippen molar-refractivity contribution in [3.63, 3.8) is 0 Å². The zero-order chi connectivity index (χ0) is 12.8. The van der Waals surface area contributed by atoms with Crippen LogP contribution in [-0.2, 0) is 22.5 Å². The van der Waals surface area contributed by atoms with Crippen molar-refractivity contribution in [3.05, 3.63) is 35.4 Å². The molecule has 0 aliphatic carbocycles. The fourth-order valence-electron chi connectivity index (χ4n) is 2.02. The molecule has 1 aromatic carbocycles. The number of hydrazine groups is 1. The van der Waals surface area contributed by atoms with Gasteiger partial charge in [-0.05, 0) is 11.1 Å². The van der Waals surface area contributed by atoms with Crippen molar-refractivity contribution >= 4 is 5.91 Å². The Morgan fingerprint density at radius 1 is 1.22 bits per heavy atom. The lowest BCUT2D eigenvalue weighted by Crippen LogP contribution is -2.35. The summed E-state index contributed by atoms with van der Waals surface area (Å²) in [6, 6.07) is 8.08. The Morgan fingerprint density at radius 2 is 1.83 bits per heavy atom. The quantitative estimate of drug-likeness (QED) is 0.449. The summed E-state index contributed by atoms with van der Waals surface area (Å²) in [5.74, 6) is 4.88. The molecule has 1 fully saturated rings. The highest BCUT2D eigenvalue weighted by Crippen LogP contribution is 2.09. The average molecular weight is 249 g/mol. The highest BCUT2D eigenvalue weighted by Gasteiger charge is 2.10. The lowest BCUT2D eigenvalue weighted by Gasteiger charge is -2.26. The number of nitrogens with zero attached hydrogens (tertiary/aromatic N) is 1. The number of nitrogens with two attached hydrogens (primary N) is 1. The van der Waals surface area contributed by atoms with Crippen LogP contribution < -0.4 is 11.3 Å². The third kappa shape index (κ3) is 3.80. The molecular weight excluding hydrogens is 230 g/mol. The molecule has 0 saturated carbocycles. The molecule has 1 aromatic rings. The molecule has 0 radical (unpaired) electrons. The van der Waals surface area contributed by atoms with Crippen LogP contribution in [0.4, 0.5) is 0 Å². The van der Waals surface area contributed by atoms with Gasteiger partial charge in [0.15, 0.2) is 0 Å².